The Kier molecular flexibility index (Phi) is 3.05. The predicted octanol–water partition coefficient (Wildman–Crippen LogP) is 1.64. The molecule has 3 nitrogen and oxygen atoms in total. The van der Waals surface area contributed by atoms with Crippen molar-refractivity contribution in [3.05, 3.63) is 28.2 Å². The van der Waals surface area contributed by atoms with Gasteiger partial charge in [-0.25, -0.2) is 0 Å². The third-order valence-electron chi connectivity index (χ3n) is 2.25. The summed E-state index contributed by atoms with van der Waals surface area (Å²) in [7, 11) is 0. The molecule has 0 atom stereocenters. The standard InChI is InChI=1S/C10H12BrNO2/c11-9-3-7(1-2-10(9)13)4-12-8-5-14-6-8/h1-3,8,12-13H,4-6H2. The number of ether oxygens (including phenoxy) is 1. The average Bonchev–Trinajstić information content (AvgIpc) is 2.08. The van der Waals surface area contributed by atoms with Gasteiger partial charge in [0, 0.05) is 6.54 Å². The molecule has 0 unspecified atom stereocenters. The highest BCUT2D eigenvalue weighted by atomic mass is 79.9. The minimum Gasteiger partial charge on any atom is -0.507 e. The Morgan fingerprint density at radius 3 is 2.86 bits per heavy atom. The van der Waals surface area contributed by atoms with Crippen molar-refractivity contribution in [2.24, 2.45) is 0 Å². The van der Waals surface area contributed by atoms with E-state index in [2.05, 4.69) is 21.2 Å². The van der Waals surface area contributed by atoms with Crippen molar-refractivity contribution in [3.63, 3.8) is 0 Å². The van der Waals surface area contributed by atoms with E-state index in [1.54, 1.807) is 6.07 Å². The second-order valence-corrected chi connectivity index (χ2v) is 4.26. The van der Waals surface area contributed by atoms with Crippen molar-refractivity contribution < 1.29 is 9.84 Å². The molecule has 1 fully saturated rings. The minimum atomic E-state index is 0.278. The molecule has 4 heteroatoms. The third-order valence-corrected chi connectivity index (χ3v) is 2.88. The van der Waals surface area contributed by atoms with Gasteiger partial charge in [-0.15, -0.1) is 0 Å². The topological polar surface area (TPSA) is 41.5 Å². The summed E-state index contributed by atoms with van der Waals surface area (Å²) in [5.74, 6) is 0.278. The van der Waals surface area contributed by atoms with Crippen LogP contribution in [0.1, 0.15) is 5.56 Å². The summed E-state index contributed by atoms with van der Waals surface area (Å²) in [6.07, 6.45) is 0. The molecular formula is C10H12BrNO2. The lowest BCUT2D eigenvalue weighted by atomic mass is 10.2. The van der Waals surface area contributed by atoms with E-state index in [4.69, 9.17) is 4.74 Å². The van der Waals surface area contributed by atoms with Gasteiger partial charge in [0.15, 0.2) is 0 Å². The number of phenolic OH excluding ortho intramolecular Hbond substituents is 1. The Morgan fingerprint density at radius 1 is 1.50 bits per heavy atom. The fourth-order valence-corrected chi connectivity index (χ4v) is 1.70. The zero-order valence-corrected chi connectivity index (χ0v) is 9.25. The molecule has 1 heterocycles. The van der Waals surface area contributed by atoms with E-state index in [0.717, 1.165) is 29.8 Å². The number of benzene rings is 1. The van der Waals surface area contributed by atoms with Gasteiger partial charge in [0.05, 0.1) is 23.7 Å². The van der Waals surface area contributed by atoms with Crippen molar-refractivity contribution in [2.75, 3.05) is 13.2 Å². The smallest absolute Gasteiger partial charge is 0.129 e. The predicted molar refractivity (Wildman–Crippen MR) is 57.3 cm³/mol. The van der Waals surface area contributed by atoms with Crippen molar-refractivity contribution >= 4 is 15.9 Å². The average molecular weight is 258 g/mol. The Labute approximate surface area is 91.2 Å². The van der Waals surface area contributed by atoms with Crippen LogP contribution in [0.3, 0.4) is 0 Å². The highest BCUT2D eigenvalue weighted by Crippen LogP contribution is 2.24. The molecule has 0 saturated carbocycles. The van der Waals surface area contributed by atoms with Gasteiger partial charge in [-0.2, -0.15) is 0 Å². The molecule has 1 aromatic rings. The summed E-state index contributed by atoms with van der Waals surface area (Å²) in [4.78, 5) is 0. The lowest BCUT2D eigenvalue weighted by Gasteiger charge is -2.27. The van der Waals surface area contributed by atoms with Gasteiger partial charge in [-0.1, -0.05) is 6.07 Å². The first kappa shape index (κ1) is 9.96. The van der Waals surface area contributed by atoms with Gasteiger partial charge in [0.2, 0.25) is 0 Å². The van der Waals surface area contributed by atoms with Gasteiger partial charge in [0.1, 0.15) is 5.75 Å². The fraction of sp³-hybridized carbons (Fsp3) is 0.400. The maximum atomic E-state index is 9.29. The lowest BCUT2D eigenvalue weighted by Crippen LogP contribution is -2.45. The SMILES string of the molecule is Oc1ccc(CNC2COC2)cc1Br. The summed E-state index contributed by atoms with van der Waals surface area (Å²) in [6, 6.07) is 6.01. The normalized spacial score (nSPS) is 16.6. The Morgan fingerprint density at radius 2 is 2.29 bits per heavy atom. The molecule has 0 bridgehead atoms. The Balaban J connectivity index is 1.91. The Bertz CT molecular complexity index is 326. The molecule has 76 valence electrons. The maximum absolute atomic E-state index is 9.29. The molecule has 0 aromatic heterocycles. The van der Waals surface area contributed by atoms with Gasteiger partial charge in [0.25, 0.3) is 0 Å². The number of rotatable bonds is 3. The van der Waals surface area contributed by atoms with E-state index in [1.165, 1.54) is 0 Å². The molecule has 1 saturated heterocycles. The van der Waals surface area contributed by atoms with Crippen LogP contribution < -0.4 is 5.32 Å². The maximum Gasteiger partial charge on any atom is 0.129 e. The van der Waals surface area contributed by atoms with Crippen molar-refractivity contribution in [2.45, 2.75) is 12.6 Å². The lowest BCUT2D eigenvalue weighted by molar-refractivity contribution is -0.00578. The van der Waals surface area contributed by atoms with E-state index in [1.807, 2.05) is 12.1 Å². The highest BCUT2D eigenvalue weighted by Gasteiger charge is 2.16. The Hall–Kier alpha value is -0.580. The second-order valence-electron chi connectivity index (χ2n) is 3.40. The first-order valence-corrected chi connectivity index (χ1v) is 5.33. The summed E-state index contributed by atoms with van der Waals surface area (Å²) < 4.78 is 5.79. The largest absolute Gasteiger partial charge is 0.507 e. The molecule has 2 N–H and O–H groups in total. The van der Waals surface area contributed by atoms with Crippen LogP contribution in [0.2, 0.25) is 0 Å². The summed E-state index contributed by atoms with van der Waals surface area (Å²) >= 11 is 3.28. The quantitative estimate of drug-likeness (QED) is 0.866. The molecular weight excluding hydrogens is 246 g/mol. The van der Waals surface area contributed by atoms with E-state index < -0.39 is 0 Å². The molecule has 0 radical (unpaired) electrons. The molecule has 2 rings (SSSR count). The third kappa shape index (κ3) is 2.26. The zero-order valence-electron chi connectivity index (χ0n) is 7.66. The van der Waals surface area contributed by atoms with Gasteiger partial charge < -0.3 is 15.2 Å². The molecule has 1 aliphatic rings. The van der Waals surface area contributed by atoms with Crippen molar-refractivity contribution in [1.82, 2.24) is 5.32 Å². The first-order chi connectivity index (χ1) is 6.75. The summed E-state index contributed by atoms with van der Waals surface area (Å²) in [6.45, 7) is 2.42. The molecule has 0 aliphatic carbocycles. The van der Waals surface area contributed by atoms with E-state index >= 15 is 0 Å². The molecule has 14 heavy (non-hydrogen) atoms. The van der Waals surface area contributed by atoms with Crippen LogP contribution >= 0.6 is 15.9 Å². The number of halogens is 1. The van der Waals surface area contributed by atoms with Gasteiger partial charge in [-0.3, -0.25) is 0 Å². The van der Waals surface area contributed by atoms with E-state index in [-0.39, 0.29) is 5.75 Å². The van der Waals surface area contributed by atoms with Crippen LogP contribution in [0.15, 0.2) is 22.7 Å². The minimum absolute atomic E-state index is 0.278. The van der Waals surface area contributed by atoms with Crippen LogP contribution in [-0.2, 0) is 11.3 Å². The van der Waals surface area contributed by atoms with Crippen molar-refractivity contribution in [1.29, 1.82) is 0 Å². The van der Waals surface area contributed by atoms with Gasteiger partial charge >= 0.3 is 0 Å². The second kappa shape index (κ2) is 4.29. The van der Waals surface area contributed by atoms with Gasteiger partial charge in [-0.05, 0) is 33.6 Å². The van der Waals surface area contributed by atoms with Crippen LogP contribution in [0.25, 0.3) is 0 Å². The molecule has 0 spiro atoms. The monoisotopic (exact) mass is 257 g/mol. The number of nitrogens with one attached hydrogen (secondary N) is 1. The van der Waals surface area contributed by atoms with Crippen molar-refractivity contribution in [3.8, 4) is 5.75 Å². The number of hydrogen-bond acceptors (Lipinski definition) is 3. The molecule has 1 aromatic carbocycles. The summed E-state index contributed by atoms with van der Waals surface area (Å²) in [5, 5.41) is 12.6. The molecule has 0 amide bonds. The van der Waals surface area contributed by atoms with Crippen LogP contribution in [0.4, 0.5) is 0 Å². The molecule has 1 aliphatic heterocycles. The summed E-state index contributed by atoms with van der Waals surface area (Å²) in [5.41, 5.74) is 1.15. The van der Waals surface area contributed by atoms with Crippen LogP contribution in [-0.4, -0.2) is 24.4 Å². The van der Waals surface area contributed by atoms with Crippen LogP contribution in [0.5, 0.6) is 5.75 Å². The number of phenols is 1. The highest BCUT2D eigenvalue weighted by molar-refractivity contribution is 9.10. The van der Waals surface area contributed by atoms with E-state index in [0.29, 0.717) is 6.04 Å². The number of aromatic hydroxyl groups is 1. The van der Waals surface area contributed by atoms with E-state index in [9.17, 15) is 5.11 Å². The fourth-order valence-electron chi connectivity index (χ4n) is 1.28. The van der Waals surface area contributed by atoms with Crippen LogP contribution in [0, 0.1) is 0 Å². The first-order valence-electron chi connectivity index (χ1n) is 4.54. The number of hydrogen-bond donors (Lipinski definition) is 2. The zero-order chi connectivity index (χ0) is 9.97.